The summed E-state index contributed by atoms with van der Waals surface area (Å²) in [6, 6.07) is 8.49. The summed E-state index contributed by atoms with van der Waals surface area (Å²) in [5.74, 6) is 0.795. The Hall–Kier alpha value is -1.90. The molecule has 17 heavy (non-hydrogen) atoms. The molecule has 1 N–H and O–H groups in total. The lowest BCUT2D eigenvalue weighted by Gasteiger charge is -2.05. The first-order chi connectivity index (χ1) is 8.33. The van der Waals surface area contributed by atoms with Gasteiger partial charge in [-0.1, -0.05) is 31.5 Å². The van der Waals surface area contributed by atoms with E-state index in [4.69, 9.17) is 0 Å². The normalized spacial score (nSPS) is 10.2. The minimum absolute atomic E-state index is 0.795. The first-order valence-corrected chi connectivity index (χ1v) is 5.92. The molecule has 0 amide bonds. The maximum atomic E-state index is 4.49. The lowest BCUT2D eigenvalue weighted by atomic mass is 10.1. The summed E-state index contributed by atoms with van der Waals surface area (Å²) < 4.78 is 0. The monoisotopic (exact) mass is 227 g/mol. The highest BCUT2D eigenvalue weighted by molar-refractivity contribution is 5.60. The molecule has 0 saturated carbocycles. The summed E-state index contributed by atoms with van der Waals surface area (Å²) in [6.07, 6.45) is 5.78. The smallest absolute Gasteiger partial charge is 0.144 e. The average molecular weight is 227 g/mol. The second-order valence-electron chi connectivity index (χ2n) is 3.99. The van der Waals surface area contributed by atoms with Crippen LogP contribution in [0.25, 0.3) is 11.3 Å². The van der Waals surface area contributed by atoms with Crippen LogP contribution in [0.15, 0.2) is 36.7 Å². The fourth-order valence-corrected chi connectivity index (χ4v) is 1.80. The molecule has 0 fully saturated rings. The molecule has 0 aliphatic rings. The fourth-order valence-electron chi connectivity index (χ4n) is 1.80. The first kappa shape index (κ1) is 11.6. The number of hydrogen-bond acceptors (Lipinski definition) is 3. The zero-order chi connectivity index (χ0) is 12.1. The number of hydrogen-bond donors (Lipinski definition) is 1. The van der Waals surface area contributed by atoms with Gasteiger partial charge < -0.3 is 5.32 Å². The van der Waals surface area contributed by atoms with Gasteiger partial charge in [0.05, 0.1) is 18.1 Å². The molecule has 0 aliphatic heterocycles. The Morgan fingerprint density at radius 3 is 2.88 bits per heavy atom. The maximum Gasteiger partial charge on any atom is 0.144 e. The Kier molecular flexibility index (Phi) is 3.70. The lowest BCUT2D eigenvalue weighted by molar-refractivity contribution is 0.922. The number of anilines is 1. The van der Waals surface area contributed by atoms with Crippen molar-refractivity contribution in [3.63, 3.8) is 0 Å². The third kappa shape index (κ3) is 2.81. The van der Waals surface area contributed by atoms with E-state index in [9.17, 15) is 0 Å². The SMILES string of the molecule is CCCc1cccc(-c2cncc(NC)n2)c1. The van der Waals surface area contributed by atoms with Crippen LogP contribution in [0, 0.1) is 0 Å². The van der Waals surface area contributed by atoms with Crippen LogP contribution in [-0.2, 0) is 6.42 Å². The summed E-state index contributed by atoms with van der Waals surface area (Å²) in [5.41, 5.74) is 3.39. The zero-order valence-corrected chi connectivity index (χ0v) is 10.3. The summed E-state index contributed by atoms with van der Waals surface area (Å²) in [4.78, 5) is 8.67. The van der Waals surface area contributed by atoms with Gasteiger partial charge in [-0.2, -0.15) is 0 Å². The lowest BCUT2D eigenvalue weighted by Crippen LogP contribution is -1.95. The largest absolute Gasteiger partial charge is 0.372 e. The number of nitrogens with one attached hydrogen (secondary N) is 1. The van der Waals surface area contributed by atoms with Crippen molar-refractivity contribution in [1.82, 2.24) is 9.97 Å². The van der Waals surface area contributed by atoms with Crippen molar-refractivity contribution in [3.8, 4) is 11.3 Å². The van der Waals surface area contributed by atoms with E-state index in [0.29, 0.717) is 0 Å². The Balaban J connectivity index is 2.34. The van der Waals surface area contributed by atoms with Gasteiger partial charge >= 0.3 is 0 Å². The second kappa shape index (κ2) is 5.43. The van der Waals surface area contributed by atoms with Crippen LogP contribution in [0.3, 0.4) is 0 Å². The van der Waals surface area contributed by atoms with Crippen LogP contribution >= 0.6 is 0 Å². The van der Waals surface area contributed by atoms with Gasteiger partial charge in [-0.15, -0.1) is 0 Å². The second-order valence-corrected chi connectivity index (χ2v) is 3.99. The standard InChI is InChI=1S/C14H17N3/c1-3-5-11-6-4-7-12(8-11)13-9-16-10-14(15-2)17-13/h4,6-10H,3,5H2,1-2H3,(H,15,17). The molecule has 1 aromatic heterocycles. The molecule has 0 unspecified atom stereocenters. The van der Waals surface area contributed by atoms with Crippen LogP contribution in [0.5, 0.6) is 0 Å². The van der Waals surface area contributed by atoms with Gasteiger partial charge in [-0.25, -0.2) is 4.98 Å². The molecule has 1 heterocycles. The van der Waals surface area contributed by atoms with Gasteiger partial charge in [-0.05, 0) is 18.1 Å². The minimum atomic E-state index is 0.795. The summed E-state index contributed by atoms with van der Waals surface area (Å²) in [5, 5.41) is 3.00. The molecule has 3 heteroatoms. The highest BCUT2D eigenvalue weighted by Gasteiger charge is 2.02. The molecule has 2 aromatic rings. The van der Waals surface area contributed by atoms with E-state index in [0.717, 1.165) is 29.9 Å². The van der Waals surface area contributed by atoms with Crippen LogP contribution < -0.4 is 5.32 Å². The van der Waals surface area contributed by atoms with Gasteiger partial charge in [0.25, 0.3) is 0 Å². The fraction of sp³-hybridized carbons (Fsp3) is 0.286. The molecule has 0 spiro atoms. The third-order valence-corrected chi connectivity index (χ3v) is 2.65. The Morgan fingerprint density at radius 1 is 1.24 bits per heavy atom. The summed E-state index contributed by atoms with van der Waals surface area (Å²) >= 11 is 0. The molecule has 0 saturated heterocycles. The molecule has 88 valence electrons. The predicted octanol–water partition coefficient (Wildman–Crippen LogP) is 3.14. The van der Waals surface area contributed by atoms with Crippen molar-refractivity contribution in [2.75, 3.05) is 12.4 Å². The average Bonchev–Trinajstić information content (AvgIpc) is 2.40. The van der Waals surface area contributed by atoms with Gasteiger partial charge in [0.15, 0.2) is 0 Å². The van der Waals surface area contributed by atoms with Crippen molar-refractivity contribution < 1.29 is 0 Å². The van der Waals surface area contributed by atoms with E-state index in [1.807, 2.05) is 7.05 Å². The first-order valence-electron chi connectivity index (χ1n) is 5.92. The highest BCUT2D eigenvalue weighted by atomic mass is 15.0. The van der Waals surface area contributed by atoms with Crippen LogP contribution in [0.2, 0.25) is 0 Å². The number of rotatable bonds is 4. The highest BCUT2D eigenvalue weighted by Crippen LogP contribution is 2.19. The third-order valence-electron chi connectivity index (χ3n) is 2.65. The molecule has 0 bridgehead atoms. The molecule has 3 nitrogen and oxygen atoms in total. The summed E-state index contributed by atoms with van der Waals surface area (Å²) in [6.45, 7) is 2.19. The Labute approximate surface area is 102 Å². The van der Waals surface area contributed by atoms with Crippen molar-refractivity contribution in [3.05, 3.63) is 42.2 Å². The van der Waals surface area contributed by atoms with E-state index in [2.05, 4.69) is 46.5 Å². The number of aryl methyl sites for hydroxylation is 1. The van der Waals surface area contributed by atoms with Crippen molar-refractivity contribution in [1.29, 1.82) is 0 Å². The van der Waals surface area contributed by atoms with Crippen molar-refractivity contribution in [2.45, 2.75) is 19.8 Å². The van der Waals surface area contributed by atoms with Crippen LogP contribution in [0.4, 0.5) is 5.82 Å². The van der Waals surface area contributed by atoms with E-state index in [-0.39, 0.29) is 0 Å². The molecule has 0 aliphatic carbocycles. The topological polar surface area (TPSA) is 37.8 Å². The van der Waals surface area contributed by atoms with Gasteiger partial charge in [0.1, 0.15) is 5.82 Å². The zero-order valence-electron chi connectivity index (χ0n) is 10.3. The van der Waals surface area contributed by atoms with E-state index in [1.54, 1.807) is 12.4 Å². The minimum Gasteiger partial charge on any atom is -0.372 e. The molecular weight excluding hydrogens is 210 g/mol. The van der Waals surface area contributed by atoms with Crippen molar-refractivity contribution >= 4 is 5.82 Å². The predicted molar refractivity (Wildman–Crippen MR) is 71.0 cm³/mol. The molecule has 0 atom stereocenters. The Bertz CT molecular complexity index is 494. The summed E-state index contributed by atoms with van der Waals surface area (Å²) in [7, 11) is 1.85. The number of aromatic nitrogens is 2. The number of nitrogens with zero attached hydrogens (tertiary/aromatic N) is 2. The molecule has 2 rings (SSSR count). The quantitative estimate of drug-likeness (QED) is 0.872. The van der Waals surface area contributed by atoms with E-state index < -0.39 is 0 Å². The molecule has 0 radical (unpaired) electrons. The van der Waals surface area contributed by atoms with Crippen molar-refractivity contribution in [2.24, 2.45) is 0 Å². The van der Waals surface area contributed by atoms with E-state index >= 15 is 0 Å². The van der Waals surface area contributed by atoms with Gasteiger partial charge in [0, 0.05) is 12.6 Å². The molecule has 1 aromatic carbocycles. The van der Waals surface area contributed by atoms with Crippen LogP contribution in [0.1, 0.15) is 18.9 Å². The maximum absolute atomic E-state index is 4.49. The van der Waals surface area contributed by atoms with Crippen LogP contribution in [-0.4, -0.2) is 17.0 Å². The van der Waals surface area contributed by atoms with E-state index in [1.165, 1.54) is 5.56 Å². The Morgan fingerprint density at radius 2 is 2.12 bits per heavy atom. The van der Waals surface area contributed by atoms with Gasteiger partial charge in [0.2, 0.25) is 0 Å². The number of benzene rings is 1. The van der Waals surface area contributed by atoms with Gasteiger partial charge in [-0.3, -0.25) is 4.98 Å². The molecular formula is C14H17N3.